The molecule has 0 saturated heterocycles. The summed E-state index contributed by atoms with van der Waals surface area (Å²) in [6.45, 7) is -0.117. The fourth-order valence-corrected chi connectivity index (χ4v) is 3.57. The topological polar surface area (TPSA) is 75.3 Å². The van der Waals surface area contributed by atoms with E-state index in [1.54, 1.807) is 12.1 Å². The Labute approximate surface area is 148 Å². The van der Waals surface area contributed by atoms with Crippen molar-refractivity contribution < 1.29 is 17.6 Å². The number of sulfonamides is 1. The van der Waals surface area contributed by atoms with Gasteiger partial charge in [0.1, 0.15) is 10.7 Å². The quantitative estimate of drug-likeness (QED) is 0.792. The van der Waals surface area contributed by atoms with Gasteiger partial charge < -0.3 is 5.32 Å². The molecule has 2 N–H and O–H groups in total. The number of hydrogen-bond donors (Lipinski definition) is 2. The van der Waals surface area contributed by atoms with Gasteiger partial charge in [0.15, 0.2) is 0 Å². The maximum absolute atomic E-state index is 13.0. The van der Waals surface area contributed by atoms with Crippen LogP contribution in [0, 0.1) is 5.82 Å². The maximum Gasteiger partial charge on any atom is 0.242 e. The zero-order valence-corrected chi connectivity index (χ0v) is 14.6. The number of rotatable bonds is 6. The van der Waals surface area contributed by atoms with Gasteiger partial charge in [-0.15, -0.1) is 0 Å². The molecule has 2 aromatic rings. The van der Waals surface area contributed by atoms with Gasteiger partial charge in [0.25, 0.3) is 0 Å². The van der Waals surface area contributed by atoms with Crippen molar-refractivity contribution in [2.75, 3.05) is 11.9 Å². The largest absolute Gasteiger partial charge is 0.326 e. The van der Waals surface area contributed by atoms with Crippen molar-refractivity contribution in [1.29, 1.82) is 0 Å². The minimum absolute atomic E-state index is 0.0580. The van der Waals surface area contributed by atoms with Crippen LogP contribution in [-0.2, 0) is 14.8 Å². The van der Waals surface area contributed by atoms with Gasteiger partial charge in [0.05, 0.1) is 10.0 Å². The van der Waals surface area contributed by atoms with E-state index in [1.165, 1.54) is 24.3 Å². The number of anilines is 1. The fraction of sp³-hybridized carbons (Fsp3) is 0.133. The van der Waals surface area contributed by atoms with Gasteiger partial charge in [0.2, 0.25) is 15.9 Å². The lowest BCUT2D eigenvalue weighted by Crippen LogP contribution is -2.28. The van der Waals surface area contributed by atoms with E-state index in [2.05, 4.69) is 10.0 Å². The smallest absolute Gasteiger partial charge is 0.242 e. The molecule has 0 unspecified atom stereocenters. The van der Waals surface area contributed by atoms with Crippen LogP contribution in [0.1, 0.15) is 6.42 Å². The Balaban J connectivity index is 1.90. The lowest BCUT2D eigenvalue weighted by molar-refractivity contribution is -0.116. The van der Waals surface area contributed by atoms with Gasteiger partial charge >= 0.3 is 0 Å². The van der Waals surface area contributed by atoms with E-state index in [1.807, 2.05) is 0 Å². The van der Waals surface area contributed by atoms with Crippen LogP contribution in [0.2, 0.25) is 10.0 Å². The highest BCUT2D eigenvalue weighted by molar-refractivity contribution is 7.89. The molecule has 0 saturated carbocycles. The van der Waals surface area contributed by atoms with Crippen molar-refractivity contribution in [2.24, 2.45) is 0 Å². The average molecular weight is 391 g/mol. The molecule has 2 aromatic carbocycles. The molecule has 1 amide bonds. The molecule has 0 radical (unpaired) electrons. The SMILES string of the molecule is O=C(CCNS(=O)(=O)c1ccccc1Cl)Nc1ccc(F)c(Cl)c1. The normalized spacial score (nSPS) is 11.3. The third kappa shape index (κ3) is 4.91. The number of carbonyl (C=O) groups is 1. The summed E-state index contributed by atoms with van der Waals surface area (Å²) in [7, 11) is -3.80. The molecule has 0 aromatic heterocycles. The van der Waals surface area contributed by atoms with Crippen molar-refractivity contribution in [2.45, 2.75) is 11.3 Å². The number of carbonyl (C=O) groups excluding carboxylic acids is 1. The second-order valence-electron chi connectivity index (χ2n) is 4.76. The van der Waals surface area contributed by atoms with Gasteiger partial charge in [-0.3, -0.25) is 4.79 Å². The Morgan fingerprint density at radius 2 is 1.79 bits per heavy atom. The highest BCUT2D eigenvalue weighted by atomic mass is 35.5. The molecular weight excluding hydrogens is 378 g/mol. The summed E-state index contributed by atoms with van der Waals surface area (Å²) in [6.07, 6.45) is -0.112. The Bertz CT molecular complexity index is 860. The van der Waals surface area contributed by atoms with E-state index in [9.17, 15) is 17.6 Å². The minimum atomic E-state index is -3.80. The molecule has 24 heavy (non-hydrogen) atoms. The summed E-state index contributed by atoms with van der Waals surface area (Å²) in [5, 5.41) is 2.47. The van der Waals surface area contributed by atoms with Gasteiger partial charge in [0, 0.05) is 18.7 Å². The van der Waals surface area contributed by atoms with E-state index in [0.29, 0.717) is 5.69 Å². The minimum Gasteiger partial charge on any atom is -0.326 e. The second kappa shape index (κ2) is 7.94. The van der Waals surface area contributed by atoms with Crippen LogP contribution in [0.15, 0.2) is 47.4 Å². The number of halogens is 3. The molecule has 5 nitrogen and oxygen atoms in total. The van der Waals surface area contributed by atoms with Crippen molar-refractivity contribution in [3.63, 3.8) is 0 Å². The predicted molar refractivity (Wildman–Crippen MR) is 91.3 cm³/mol. The number of hydrogen-bond acceptors (Lipinski definition) is 3. The summed E-state index contributed by atoms with van der Waals surface area (Å²) >= 11 is 11.5. The van der Waals surface area contributed by atoms with E-state index >= 15 is 0 Å². The van der Waals surface area contributed by atoms with Crippen LogP contribution in [-0.4, -0.2) is 20.9 Å². The van der Waals surface area contributed by atoms with Crippen molar-refractivity contribution in [3.05, 3.63) is 58.3 Å². The van der Waals surface area contributed by atoms with E-state index in [4.69, 9.17) is 23.2 Å². The lowest BCUT2D eigenvalue weighted by Gasteiger charge is -2.09. The van der Waals surface area contributed by atoms with E-state index in [0.717, 1.165) is 6.07 Å². The molecule has 0 atom stereocenters. The lowest BCUT2D eigenvalue weighted by atomic mass is 10.3. The first kappa shape index (κ1) is 18.7. The maximum atomic E-state index is 13.0. The monoisotopic (exact) mass is 390 g/mol. The molecule has 0 bridgehead atoms. The first-order valence-electron chi connectivity index (χ1n) is 6.79. The van der Waals surface area contributed by atoms with E-state index in [-0.39, 0.29) is 27.9 Å². The van der Waals surface area contributed by atoms with Crippen LogP contribution in [0.25, 0.3) is 0 Å². The number of nitrogens with one attached hydrogen (secondary N) is 2. The summed E-state index contributed by atoms with van der Waals surface area (Å²) in [6, 6.07) is 9.73. The molecule has 0 aliphatic carbocycles. The average Bonchev–Trinajstić information content (AvgIpc) is 2.51. The van der Waals surface area contributed by atoms with Gasteiger partial charge in [-0.25, -0.2) is 17.5 Å². The van der Waals surface area contributed by atoms with Crippen molar-refractivity contribution in [3.8, 4) is 0 Å². The summed E-state index contributed by atoms with van der Waals surface area (Å²) < 4.78 is 39.5. The molecule has 128 valence electrons. The standard InChI is InChI=1S/C15H13Cl2FN2O3S/c16-11-3-1-2-4-14(11)24(22,23)19-8-7-15(21)20-10-5-6-13(18)12(17)9-10/h1-6,9,19H,7-8H2,(H,20,21). The highest BCUT2D eigenvalue weighted by Crippen LogP contribution is 2.20. The van der Waals surface area contributed by atoms with Gasteiger partial charge in [-0.1, -0.05) is 35.3 Å². The third-order valence-electron chi connectivity index (χ3n) is 2.97. The Morgan fingerprint density at radius 3 is 2.46 bits per heavy atom. The highest BCUT2D eigenvalue weighted by Gasteiger charge is 2.17. The van der Waals surface area contributed by atoms with Gasteiger partial charge in [-0.05, 0) is 30.3 Å². The zero-order chi connectivity index (χ0) is 17.7. The van der Waals surface area contributed by atoms with Crippen LogP contribution < -0.4 is 10.0 Å². The fourth-order valence-electron chi connectivity index (χ4n) is 1.84. The van der Waals surface area contributed by atoms with Crippen molar-refractivity contribution in [1.82, 2.24) is 4.72 Å². The summed E-state index contributed by atoms with van der Waals surface area (Å²) in [4.78, 5) is 11.7. The summed E-state index contributed by atoms with van der Waals surface area (Å²) in [5.41, 5.74) is 0.320. The van der Waals surface area contributed by atoms with E-state index < -0.39 is 21.7 Å². The Morgan fingerprint density at radius 1 is 1.08 bits per heavy atom. The second-order valence-corrected chi connectivity index (χ2v) is 7.31. The molecule has 0 spiro atoms. The Kier molecular flexibility index (Phi) is 6.17. The molecule has 2 rings (SSSR count). The predicted octanol–water partition coefficient (Wildman–Crippen LogP) is 3.44. The first-order chi connectivity index (χ1) is 11.3. The molecule has 9 heteroatoms. The first-order valence-corrected chi connectivity index (χ1v) is 9.02. The number of benzene rings is 2. The molecule has 0 fully saturated rings. The Hall–Kier alpha value is -1.67. The van der Waals surface area contributed by atoms with Crippen LogP contribution in [0.5, 0.6) is 0 Å². The number of amides is 1. The summed E-state index contributed by atoms with van der Waals surface area (Å²) in [5.74, 6) is -1.04. The van der Waals surface area contributed by atoms with Crippen LogP contribution in [0.3, 0.4) is 0 Å². The van der Waals surface area contributed by atoms with Crippen molar-refractivity contribution >= 4 is 44.8 Å². The van der Waals surface area contributed by atoms with Crippen LogP contribution in [0.4, 0.5) is 10.1 Å². The zero-order valence-electron chi connectivity index (χ0n) is 12.2. The molecule has 0 aliphatic rings. The molecular formula is C15H13Cl2FN2O3S. The van der Waals surface area contributed by atoms with Gasteiger partial charge in [-0.2, -0.15) is 0 Å². The molecule has 0 heterocycles. The third-order valence-corrected chi connectivity index (χ3v) is 5.22. The molecule has 0 aliphatic heterocycles. The van der Waals surface area contributed by atoms with Crippen LogP contribution >= 0.6 is 23.2 Å².